The van der Waals surface area contributed by atoms with Gasteiger partial charge in [0.1, 0.15) is 21.8 Å². The molecule has 0 atom stereocenters. The molecule has 2 aromatic heterocycles. The van der Waals surface area contributed by atoms with Crippen LogP contribution in [0.5, 0.6) is 11.5 Å². The van der Waals surface area contributed by atoms with Gasteiger partial charge in [-0.15, -0.1) is 0 Å². The number of hydrogen-bond acceptors (Lipinski definition) is 8. The third-order valence-electron chi connectivity index (χ3n) is 5.14. The first-order chi connectivity index (χ1) is 17.5. The number of carbonyl (C=O) groups excluding carboxylic acids is 1. The lowest BCUT2D eigenvalue weighted by Gasteiger charge is -2.11. The van der Waals surface area contributed by atoms with Crippen LogP contribution < -0.4 is 19.5 Å². The molecular formula is C22H20F3N5O6S. The molecule has 37 heavy (non-hydrogen) atoms. The van der Waals surface area contributed by atoms with Gasteiger partial charge in [0.25, 0.3) is 10.0 Å². The molecule has 0 unspecified atom stereocenters. The van der Waals surface area contributed by atoms with E-state index in [1.54, 1.807) is 29.6 Å². The Morgan fingerprint density at radius 1 is 1.11 bits per heavy atom. The molecule has 0 bridgehead atoms. The normalized spacial score (nSPS) is 11.9. The predicted octanol–water partition coefficient (Wildman–Crippen LogP) is 3.07. The third-order valence-corrected chi connectivity index (χ3v) is 6.51. The lowest BCUT2D eigenvalue weighted by atomic mass is 10.1. The molecule has 0 aliphatic heterocycles. The zero-order valence-electron chi connectivity index (χ0n) is 19.4. The summed E-state index contributed by atoms with van der Waals surface area (Å²) in [6, 6.07) is 10.8. The molecule has 2 aromatic carbocycles. The second kappa shape index (κ2) is 10.0. The molecule has 0 saturated heterocycles. The fraction of sp³-hybridized carbons (Fsp3) is 0.227. The summed E-state index contributed by atoms with van der Waals surface area (Å²) in [5, 5.41) is 10.0. The lowest BCUT2D eigenvalue weighted by molar-refractivity contribution is -0.173. The molecular weight excluding hydrogens is 519 g/mol. The molecule has 1 amide bonds. The van der Waals surface area contributed by atoms with Crippen LogP contribution in [0, 0.1) is 0 Å². The largest absolute Gasteiger partial charge is 0.496 e. The summed E-state index contributed by atoms with van der Waals surface area (Å²) in [7, 11) is -1.35. The quantitative estimate of drug-likeness (QED) is 0.331. The molecule has 0 aliphatic rings. The number of ether oxygens (including phenoxy) is 2. The molecule has 4 rings (SSSR count). The number of nitrogens with one attached hydrogen (secondary N) is 2. The number of sulfonamides is 1. The van der Waals surface area contributed by atoms with E-state index in [0.29, 0.717) is 5.56 Å². The minimum Gasteiger partial charge on any atom is -0.496 e. The zero-order valence-corrected chi connectivity index (χ0v) is 20.2. The molecule has 196 valence electrons. The van der Waals surface area contributed by atoms with Crippen LogP contribution in [-0.4, -0.2) is 49.7 Å². The van der Waals surface area contributed by atoms with Crippen LogP contribution in [0.2, 0.25) is 0 Å². The highest BCUT2D eigenvalue weighted by Crippen LogP contribution is 2.35. The first kappa shape index (κ1) is 25.8. The molecule has 0 saturated carbocycles. The average Bonchev–Trinajstić information content (AvgIpc) is 3.47. The molecule has 0 fully saturated rings. The number of benzene rings is 2. The number of nitrogens with zero attached hydrogens (tertiary/aromatic N) is 3. The second-order valence-electron chi connectivity index (χ2n) is 7.64. The van der Waals surface area contributed by atoms with Crippen molar-refractivity contribution in [3.63, 3.8) is 0 Å². The van der Waals surface area contributed by atoms with Gasteiger partial charge >= 0.3 is 12.1 Å². The van der Waals surface area contributed by atoms with E-state index in [2.05, 4.69) is 15.0 Å². The Kier molecular flexibility index (Phi) is 6.98. The van der Waals surface area contributed by atoms with Gasteiger partial charge in [0.05, 0.1) is 33.0 Å². The van der Waals surface area contributed by atoms with E-state index in [9.17, 15) is 26.4 Å². The first-order valence-electron chi connectivity index (χ1n) is 10.5. The Balaban J connectivity index is 1.55. The summed E-state index contributed by atoms with van der Waals surface area (Å²) in [5.74, 6) is -1.74. The highest BCUT2D eigenvalue weighted by atomic mass is 32.2. The van der Waals surface area contributed by atoms with Gasteiger partial charge < -0.3 is 19.3 Å². The summed E-state index contributed by atoms with van der Waals surface area (Å²) in [6.07, 6.45) is -3.45. The van der Waals surface area contributed by atoms with Gasteiger partial charge in [0.2, 0.25) is 0 Å². The second-order valence-corrected chi connectivity index (χ2v) is 9.29. The Labute approximate surface area is 208 Å². The average molecular weight is 539 g/mol. The zero-order chi connectivity index (χ0) is 26.8. The molecule has 0 spiro atoms. The minimum atomic E-state index is -4.98. The Morgan fingerprint density at radius 2 is 1.84 bits per heavy atom. The third kappa shape index (κ3) is 5.61. The Hall–Kier alpha value is -4.27. The fourth-order valence-electron chi connectivity index (χ4n) is 3.48. The summed E-state index contributed by atoms with van der Waals surface area (Å²) < 4.78 is 82.7. The van der Waals surface area contributed by atoms with Gasteiger partial charge in [-0.05, 0) is 35.9 Å². The number of alkyl halides is 3. The fourth-order valence-corrected chi connectivity index (χ4v) is 4.66. The van der Waals surface area contributed by atoms with Crippen LogP contribution in [0.1, 0.15) is 11.3 Å². The molecule has 0 radical (unpaired) electrons. The van der Waals surface area contributed by atoms with Crippen LogP contribution in [0.4, 0.5) is 19.0 Å². The first-order valence-corrected chi connectivity index (χ1v) is 12.0. The molecule has 11 nitrogen and oxygen atoms in total. The standard InChI is InChI=1S/C22H20F3N5O6S/c1-34-15-5-3-4-6-18(15)37(32,33)29-20-19-16(35-2)9-13(10-17(19)36-28-20)12-30-8-7-14(27-30)11-26-21(31)22(23,24)25/h3-10H,11-12H2,1-2H3,(H,26,31)(H,28,29). The minimum absolute atomic E-state index is 0.0916. The van der Waals surface area contributed by atoms with Crippen LogP contribution >= 0.6 is 0 Å². The van der Waals surface area contributed by atoms with E-state index in [4.69, 9.17) is 14.0 Å². The summed E-state index contributed by atoms with van der Waals surface area (Å²) >= 11 is 0. The topological polar surface area (TPSA) is 138 Å². The number of para-hydroxylation sites is 1. The monoisotopic (exact) mass is 539 g/mol. The van der Waals surface area contributed by atoms with E-state index in [1.807, 2.05) is 0 Å². The van der Waals surface area contributed by atoms with E-state index in [0.717, 1.165) is 0 Å². The number of aromatic nitrogens is 3. The number of fused-ring (bicyclic) bond motifs is 1. The number of methoxy groups -OCH3 is 2. The number of anilines is 1. The van der Waals surface area contributed by atoms with Crippen molar-refractivity contribution < 1.29 is 40.4 Å². The maximum absolute atomic E-state index is 13.0. The van der Waals surface area contributed by atoms with E-state index in [1.165, 1.54) is 43.3 Å². The smallest absolute Gasteiger partial charge is 0.471 e. The van der Waals surface area contributed by atoms with Crippen molar-refractivity contribution in [1.29, 1.82) is 0 Å². The molecule has 15 heteroatoms. The summed E-state index contributed by atoms with van der Waals surface area (Å²) in [4.78, 5) is 10.9. The van der Waals surface area contributed by atoms with Crippen LogP contribution in [0.3, 0.4) is 0 Å². The van der Waals surface area contributed by atoms with Crippen molar-refractivity contribution >= 4 is 32.7 Å². The van der Waals surface area contributed by atoms with Crippen molar-refractivity contribution in [1.82, 2.24) is 20.3 Å². The van der Waals surface area contributed by atoms with Gasteiger partial charge in [0, 0.05) is 6.20 Å². The number of halogens is 3. The number of hydrogen-bond donors (Lipinski definition) is 2. The predicted molar refractivity (Wildman–Crippen MR) is 124 cm³/mol. The van der Waals surface area contributed by atoms with Gasteiger partial charge in [-0.25, -0.2) is 8.42 Å². The number of carbonyl (C=O) groups is 1. The van der Waals surface area contributed by atoms with E-state index >= 15 is 0 Å². The molecule has 2 N–H and O–H groups in total. The van der Waals surface area contributed by atoms with Gasteiger partial charge in [0.15, 0.2) is 11.4 Å². The van der Waals surface area contributed by atoms with Crippen LogP contribution in [0.15, 0.2) is 58.1 Å². The van der Waals surface area contributed by atoms with E-state index < -0.39 is 28.7 Å². The van der Waals surface area contributed by atoms with Crippen LogP contribution in [-0.2, 0) is 27.9 Å². The molecule has 2 heterocycles. The van der Waals surface area contributed by atoms with Crippen molar-refractivity contribution in [2.24, 2.45) is 0 Å². The van der Waals surface area contributed by atoms with Gasteiger partial charge in [-0.1, -0.05) is 17.3 Å². The summed E-state index contributed by atoms with van der Waals surface area (Å²) in [6.45, 7) is -0.228. The van der Waals surface area contributed by atoms with Crippen molar-refractivity contribution in [3.05, 3.63) is 59.9 Å². The Bertz CT molecular complexity index is 1550. The van der Waals surface area contributed by atoms with Crippen LogP contribution in [0.25, 0.3) is 11.0 Å². The van der Waals surface area contributed by atoms with Crippen molar-refractivity contribution in [2.75, 3.05) is 18.9 Å². The Morgan fingerprint density at radius 3 is 2.54 bits per heavy atom. The summed E-state index contributed by atoms with van der Waals surface area (Å²) in [5.41, 5.74) is 1.06. The lowest BCUT2D eigenvalue weighted by Crippen LogP contribution is -2.36. The van der Waals surface area contributed by atoms with Gasteiger partial charge in [-0.3, -0.25) is 14.2 Å². The van der Waals surface area contributed by atoms with Gasteiger partial charge in [-0.2, -0.15) is 18.3 Å². The van der Waals surface area contributed by atoms with Crippen molar-refractivity contribution in [3.8, 4) is 11.5 Å². The van der Waals surface area contributed by atoms with E-state index in [-0.39, 0.29) is 45.4 Å². The maximum Gasteiger partial charge on any atom is 0.471 e. The number of amides is 1. The number of rotatable bonds is 9. The molecule has 0 aliphatic carbocycles. The molecule has 4 aromatic rings. The van der Waals surface area contributed by atoms with Crippen molar-refractivity contribution in [2.45, 2.75) is 24.2 Å². The highest BCUT2D eigenvalue weighted by molar-refractivity contribution is 7.92. The highest BCUT2D eigenvalue weighted by Gasteiger charge is 2.38. The SMILES string of the molecule is COc1ccccc1S(=O)(=O)Nc1noc2cc(Cn3ccc(CNC(=O)C(F)(F)F)n3)cc(OC)c12. The maximum atomic E-state index is 13.0.